The number of nitrogens with two attached hydrogens (primary N) is 2. The molecular weight excluding hydrogens is 220 g/mol. The molecule has 0 aliphatic rings. The highest BCUT2D eigenvalue weighted by Crippen LogP contribution is 1.97. The standard InChI is InChI=1S/C11H26N4O2/c12-5-2-8-14-7-1-4-10(11(16)17)15-9-3-6-13/h10,14-15H,1-9,12-13H2,(H,16,17)/t10-/m0/s1. The lowest BCUT2D eigenvalue weighted by Crippen LogP contribution is -2.38. The minimum atomic E-state index is -0.788. The van der Waals surface area contributed by atoms with Gasteiger partial charge in [0, 0.05) is 0 Å². The van der Waals surface area contributed by atoms with Crippen molar-refractivity contribution in [1.29, 1.82) is 0 Å². The van der Waals surface area contributed by atoms with Crippen LogP contribution in [0.5, 0.6) is 0 Å². The normalized spacial score (nSPS) is 12.6. The molecule has 0 saturated heterocycles. The summed E-state index contributed by atoms with van der Waals surface area (Å²) < 4.78 is 0. The van der Waals surface area contributed by atoms with Gasteiger partial charge >= 0.3 is 5.97 Å². The van der Waals surface area contributed by atoms with Gasteiger partial charge < -0.3 is 27.2 Å². The van der Waals surface area contributed by atoms with E-state index in [0.717, 1.165) is 32.4 Å². The number of hydrogen-bond acceptors (Lipinski definition) is 5. The van der Waals surface area contributed by atoms with Crippen LogP contribution in [0.2, 0.25) is 0 Å². The molecule has 0 aromatic heterocycles. The van der Waals surface area contributed by atoms with Gasteiger partial charge in [-0.15, -0.1) is 0 Å². The van der Waals surface area contributed by atoms with E-state index in [1.54, 1.807) is 0 Å². The highest BCUT2D eigenvalue weighted by molar-refractivity contribution is 5.73. The molecule has 102 valence electrons. The number of carboxylic acids is 1. The van der Waals surface area contributed by atoms with Gasteiger partial charge in [-0.2, -0.15) is 0 Å². The predicted molar refractivity (Wildman–Crippen MR) is 68.9 cm³/mol. The van der Waals surface area contributed by atoms with Gasteiger partial charge in [-0.1, -0.05) is 0 Å². The van der Waals surface area contributed by atoms with Crippen molar-refractivity contribution in [3.8, 4) is 0 Å². The number of carboxylic acid groups (broad SMARTS) is 1. The van der Waals surface area contributed by atoms with Crippen LogP contribution in [-0.4, -0.2) is 49.8 Å². The van der Waals surface area contributed by atoms with E-state index in [2.05, 4.69) is 10.6 Å². The first-order valence-electron chi connectivity index (χ1n) is 6.29. The van der Waals surface area contributed by atoms with E-state index in [1.165, 1.54) is 0 Å². The zero-order chi connectivity index (χ0) is 12.9. The van der Waals surface area contributed by atoms with Crippen LogP contribution in [0.3, 0.4) is 0 Å². The topological polar surface area (TPSA) is 113 Å². The van der Waals surface area contributed by atoms with Crippen molar-refractivity contribution in [3.05, 3.63) is 0 Å². The first-order valence-corrected chi connectivity index (χ1v) is 6.29. The number of rotatable bonds is 12. The zero-order valence-corrected chi connectivity index (χ0v) is 10.5. The van der Waals surface area contributed by atoms with Gasteiger partial charge in [0.1, 0.15) is 6.04 Å². The van der Waals surface area contributed by atoms with E-state index in [9.17, 15) is 4.79 Å². The minimum absolute atomic E-state index is 0.460. The summed E-state index contributed by atoms with van der Waals surface area (Å²) in [5, 5.41) is 15.2. The summed E-state index contributed by atoms with van der Waals surface area (Å²) >= 11 is 0. The molecule has 0 amide bonds. The molecule has 0 bridgehead atoms. The molecule has 0 aliphatic heterocycles. The summed E-state index contributed by atoms with van der Waals surface area (Å²) in [5.41, 5.74) is 10.7. The summed E-state index contributed by atoms with van der Waals surface area (Å²) in [6.45, 7) is 3.66. The van der Waals surface area contributed by atoms with E-state index in [1.807, 2.05) is 0 Å². The maximum Gasteiger partial charge on any atom is 0.320 e. The average molecular weight is 246 g/mol. The average Bonchev–Trinajstić information content (AvgIpc) is 2.31. The highest BCUT2D eigenvalue weighted by atomic mass is 16.4. The van der Waals surface area contributed by atoms with E-state index < -0.39 is 12.0 Å². The lowest BCUT2D eigenvalue weighted by atomic mass is 10.1. The van der Waals surface area contributed by atoms with Crippen molar-refractivity contribution in [2.75, 3.05) is 32.7 Å². The maximum atomic E-state index is 10.9. The van der Waals surface area contributed by atoms with Crippen molar-refractivity contribution in [3.63, 3.8) is 0 Å². The van der Waals surface area contributed by atoms with Crippen LogP contribution in [-0.2, 0) is 4.79 Å². The third-order valence-electron chi connectivity index (χ3n) is 2.47. The number of carbonyl (C=O) groups is 1. The molecule has 0 aliphatic carbocycles. The Morgan fingerprint density at radius 2 is 1.65 bits per heavy atom. The molecule has 0 spiro atoms. The molecule has 0 fully saturated rings. The largest absolute Gasteiger partial charge is 0.480 e. The Bertz CT molecular complexity index is 190. The Balaban J connectivity index is 3.52. The summed E-state index contributed by atoms with van der Waals surface area (Å²) in [7, 11) is 0. The summed E-state index contributed by atoms with van der Waals surface area (Å²) in [4.78, 5) is 10.9. The lowest BCUT2D eigenvalue weighted by molar-refractivity contribution is -0.139. The molecule has 0 heterocycles. The molecule has 0 saturated carbocycles. The third kappa shape index (κ3) is 10.2. The monoisotopic (exact) mass is 246 g/mol. The van der Waals surface area contributed by atoms with Gasteiger partial charge in [0.2, 0.25) is 0 Å². The van der Waals surface area contributed by atoms with Crippen LogP contribution in [0.1, 0.15) is 25.7 Å². The van der Waals surface area contributed by atoms with E-state index in [4.69, 9.17) is 16.6 Å². The van der Waals surface area contributed by atoms with Gasteiger partial charge in [0.25, 0.3) is 0 Å². The third-order valence-corrected chi connectivity index (χ3v) is 2.47. The summed E-state index contributed by atoms with van der Waals surface area (Å²) in [5.74, 6) is -0.788. The molecule has 0 unspecified atom stereocenters. The van der Waals surface area contributed by atoms with Gasteiger partial charge in [-0.05, 0) is 58.4 Å². The predicted octanol–water partition coefficient (Wildman–Crippen LogP) is -0.903. The molecule has 6 nitrogen and oxygen atoms in total. The van der Waals surface area contributed by atoms with E-state index >= 15 is 0 Å². The Morgan fingerprint density at radius 1 is 1.06 bits per heavy atom. The molecule has 1 atom stereocenters. The van der Waals surface area contributed by atoms with Crippen molar-refractivity contribution >= 4 is 5.97 Å². The van der Waals surface area contributed by atoms with Crippen LogP contribution in [0.4, 0.5) is 0 Å². The van der Waals surface area contributed by atoms with E-state index in [0.29, 0.717) is 26.1 Å². The fourth-order valence-corrected chi connectivity index (χ4v) is 1.47. The van der Waals surface area contributed by atoms with Crippen LogP contribution >= 0.6 is 0 Å². The number of aliphatic carboxylic acids is 1. The Morgan fingerprint density at radius 3 is 2.24 bits per heavy atom. The zero-order valence-electron chi connectivity index (χ0n) is 10.5. The maximum absolute atomic E-state index is 10.9. The first-order chi connectivity index (χ1) is 8.22. The fourth-order valence-electron chi connectivity index (χ4n) is 1.47. The smallest absolute Gasteiger partial charge is 0.320 e. The van der Waals surface area contributed by atoms with Crippen molar-refractivity contribution in [2.24, 2.45) is 11.5 Å². The van der Waals surface area contributed by atoms with Crippen LogP contribution in [0.25, 0.3) is 0 Å². The van der Waals surface area contributed by atoms with Gasteiger partial charge in [0.15, 0.2) is 0 Å². The number of nitrogens with one attached hydrogen (secondary N) is 2. The summed E-state index contributed by atoms with van der Waals surface area (Å²) in [6, 6.07) is -0.460. The van der Waals surface area contributed by atoms with Gasteiger partial charge in [-0.25, -0.2) is 0 Å². The van der Waals surface area contributed by atoms with Gasteiger partial charge in [0.05, 0.1) is 0 Å². The second-order valence-corrected chi connectivity index (χ2v) is 4.02. The molecular formula is C11H26N4O2. The van der Waals surface area contributed by atoms with E-state index in [-0.39, 0.29) is 0 Å². The van der Waals surface area contributed by atoms with Gasteiger partial charge in [-0.3, -0.25) is 4.79 Å². The van der Waals surface area contributed by atoms with Crippen LogP contribution in [0, 0.1) is 0 Å². The van der Waals surface area contributed by atoms with Crippen molar-refractivity contribution in [1.82, 2.24) is 10.6 Å². The highest BCUT2D eigenvalue weighted by Gasteiger charge is 2.15. The summed E-state index contributed by atoms with van der Waals surface area (Å²) in [6.07, 6.45) is 3.24. The van der Waals surface area contributed by atoms with Crippen molar-refractivity contribution < 1.29 is 9.90 Å². The first kappa shape index (κ1) is 16.3. The second-order valence-electron chi connectivity index (χ2n) is 4.02. The Labute approximate surface area is 103 Å². The lowest BCUT2D eigenvalue weighted by Gasteiger charge is -2.14. The molecule has 7 N–H and O–H groups in total. The molecule has 0 radical (unpaired) electrons. The molecule has 0 rings (SSSR count). The van der Waals surface area contributed by atoms with Crippen molar-refractivity contribution in [2.45, 2.75) is 31.7 Å². The van der Waals surface area contributed by atoms with Crippen LogP contribution < -0.4 is 22.1 Å². The molecule has 17 heavy (non-hydrogen) atoms. The SMILES string of the molecule is NCCCNCCC[C@H](NCCCN)C(=O)O. The fraction of sp³-hybridized carbons (Fsp3) is 0.909. The Kier molecular flexibility index (Phi) is 11.3. The second kappa shape index (κ2) is 11.8. The molecule has 0 aromatic carbocycles. The molecule has 6 heteroatoms. The quantitative estimate of drug-likeness (QED) is 0.285. The Hall–Kier alpha value is -0.690. The number of hydrogen-bond donors (Lipinski definition) is 5. The minimum Gasteiger partial charge on any atom is -0.480 e. The molecule has 0 aromatic rings. The van der Waals surface area contributed by atoms with Crippen LogP contribution in [0.15, 0.2) is 0 Å².